The molecule has 102 valence electrons. The van der Waals surface area contributed by atoms with E-state index in [9.17, 15) is 20.0 Å². The summed E-state index contributed by atoms with van der Waals surface area (Å²) >= 11 is 5.95. The monoisotopic (exact) mass is 291 g/mol. The van der Waals surface area contributed by atoms with E-state index in [1.807, 2.05) is 6.92 Å². The van der Waals surface area contributed by atoms with Crippen LogP contribution in [0.4, 0.5) is 5.69 Å². The third-order valence-corrected chi connectivity index (χ3v) is 3.02. The number of hydrogen-bond acceptors (Lipinski definition) is 3. The Balaban J connectivity index is 2.71. The summed E-state index contributed by atoms with van der Waals surface area (Å²) in [6.45, 7) is 1.81. The number of aromatic carboxylic acids is 1. The number of halogens is 1. The summed E-state index contributed by atoms with van der Waals surface area (Å²) in [7, 11) is 0. The lowest BCUT2D eigenvalue weighted by Gasteiger charge is -2.08. The molecule has 0 fully saturated rings. The summed E-state index contributed by atoms with van der Waals surface area (Å²) < 4.78 is 0. The zero-order valence-corrected chi connectivity index (χ0v) is 11.2. The van der Waals surface area contributed by atoms with Gasteiger partial charge in [0.25, 0.3) is 5.69 Å². The Morgan fingerprint density at radius 3 is 2.50 bits per heavy atom. The third kappa shape index (κ3) is 2.78. The largest absolute Gasteiger partial charge is 0.478 e. The van der Waals surface area contributed by atoms with Crippen LogP contribution in [0.3, 0.4) is 0 Å². The van der Waals surface area contributed by atoms with E-state index in [1.165, 1.54) is 18.2 Å². The Morgan fingerprint density at radius 1 is 1.25 bits per heavy atom. The Labute approximate surface area is 119 Å². The number of non-ortho nitro benzene ring substituents is 1. The third-order valence-electron chi connectivity index (χ3n) is 2.80. The van der Waals surface area contributed by atoms with Crippen LogP contribution < -0.4 is 0 Å². The van der Waals surface area contributed by atoms with Gasteiger partial charge < -0.3 is 5.11 Å². The minimum absolute atomic E-state index is 0.00253. The fourth-order valence-electron chi connectivity index (χ4n) is 1.96. The molecule has 6 heteroatoms. The molecule has 0 aromatic heterocycles. The van der Waals surface area contributed by atoms with E-state index in [0.29, 0.717) is 10.6 Å². The molecule has 0 spiro atoms. The highest BCUT2D eigenvalue weighted by Crippen LogP contribution is 2.30. The van der Waals surface area contributed by atoms with Crippen LogP contribution in [0.5, 0.6) is 0 Å². The summed E-state index contributed by atoms with van der Waals surface area (Å²) in [5.74, 6) is -1.15. The molecule has 2 rings (SSSR count). The first-order valence-electron chi connectivity index (χ1n) is 5.68. The zero-order valence-electron chi connectivity index (χ0n) is 10.5. The molecule has 0 atom stereocenters. The van der Waals surface area contributed by atoms with Crippen molar-refractivity contribution >= 4 is 23.3 Å². The van der Waals surface area contributed by atoms with Crippen molar-refractivity contribution in [3.63, 3.8) is 0 Å². The Bertz CT molecular complexity index is 692. The van der Waals surface area contributed by atoms with Gasteiger partial charge in [-0.2, -0.15) is 0 Å². The number of aryl methyl sites for hydroxylation is 1. The normalized spacial score (nSPS) is 10.3. The molecule has 2 aromatic rings. The van der Waals surface area contributed by atoms with Crippen molar-refractivity contribution in [2.24, 2.45) is 0 Å². The molecule has 0 unspecified atom stereocenters. The lowest BCUT2D eigenvalue weighted by molar-refractivity contribution is -0.384. The van der Waals surface area contributed by atoms with Crippen LogP contribution in [0, 0.1) is 17.0 Å². The van der Waals surface area contributed by atoms with Gasteiger partial charge in [-0.3, -0.25) is 10.1 Å². The maximum Gasteiger partial charge on any atom is 0.336 e. The maximum atomic E-state index is 11.2. The number of hydrogen-bond donors (Lipinski definition) is 1. The number of carbonyl (C=O) groups is 1. The molecule has 2 aromatic carbocycles. The van der Waals surface area contributed by atoms with Gasteiger partial charge >= 0.3 is 5.97 Å². The summed E-state index contributed by atoms with van der Waals surface area (Å²) in [4.78, 5) is 21.5. The van der Waals surface area contributed by atoms with Gasteiger partial charge in [0.05, 0.1) is 10.5 Å². The van der Waals surface area contributed by atoms with Gasteiger partial charge in [0.1, 0.15) is 0 Å². The summed E-state index contributed by atoms with van der Waals surface area (Å²) in [5, 5.41) is 20.5. The molecule has 0 saturated heterocycles. The fraction of sp³-hybridized carbons (Fsp3) is 0.0714. The average molecular weight is 292 g/mol. The maximum absolute atomic E-state index is 11.2. The van der Waals surface area contributed by atoms with Gasteiger partial charge in [0.15, 0.2) is 0 Å². The molecule has 0 amide bonds. The molecule has 0 heterocycles. The number of nitro groups is 1. The van der Waals surface area contributed by atoms with Gasteiger partial charge in [-0.15, -0.1) is 0 Å². The van der Waals surface area contributed by atoms with Crippen LogP contribution in [-0.4, -0.2) is 16.0 Å². The number of nitrogens with zero attached hydrogens (tertiary/aromatic N) is 1. The van der Waals surface area contributed by atoms with Crippen molar-refractivity contribution in [1.29, 1.82) is 0 Å². The summed E-state index contributed by atoms with van der Waals surface area (Å²) in [5.41, 5.74) is 1.49. The van der Waals surface area contributed by atoms with Crippen molar-refractivity contribution in [2.75, 3.05) is 0 Å². The smallest absolute Gasteiger partial charge is 0.336 e. The van der Waals surface area contributed by atoms with Crippen LogP contribution >= 0.6 is 11.6 Å². The van der Waals surface area contributed by atoms with Gasteiger partial charge in [-0.1, -0.05) is 17.7 Å². The van der Waals surface area contributed by atoms with Crippen molar-refractivity contribution in [1.82, 2.24) is 0 Å². The highest BCUT2D eigenvalue weighted by atomic mass is 35.5. The van der Waals surface area contributed by atoms with E-state index in [0.717, 1.165) is 5.56 Å². The number of rotatable bonds is 3. The first-order chi connectivity index (χ1) is 9.38. The predicted molar refractivity (Wildman–Crippen MR) is 75.2 cm³/mol. The molecule has 0 saturated carbocycles. The standard InChI is InChI=1S/C14H10ClNO4/c1-8-4-9(6-10(15)5-8)13-7-11(16(19)20)2-3-12(13)14(17)18/h2-7H,1H3,(H,17,18). The summed E-state index contributed by atoms with van der Waals surface area (Å²) in [6, 6.07) is 8.69. The molecule has 0 aliphatic rings. The van der Waals surface area contributed by atoms with Crippen LogP contribution in [0.1, 0.15) is 15.9 Å². The molecule has 0 radical (unpaired) electrons. The fourth-order valence-corrected chi connectivity index (χ4v) is 2.25. The SMILES string of the molecule is Cc1cc(Cl)cc(-c2cc([N+](=O)[O-])ccc2C(=O)O)c1. The molecule has 0 aliphatic carbocycles. The molecular weight excluding hydrogens is 282 g/mol. The number of carboxylic acids is 1. The Morgan fingerprint density at radius 2 is 1.95 bits per heavy atom. The van der Waals surface area contributed by atoms with Crippen LogP contribution in [0.15, 0.2) is 36.4 Å². The zero-order chi connectivity index (χ0) is 14.9. The van der Waals surface area contributed by atoms with Crippen molar-refractivity contribution in [2.45, 2.75) is 6.92 Å². The first kappa shape index (κ1) is 14.0. The Hall–Kier alpha value is -2.40. The molecule has 20 heavy (non-hydrogen) atoms. The highest BCUT2D eigenvalue weighted by molar-refractivity contribution is 6.31. The van der Waals surface area contributed by atoms with E-state index in [1.54, 1.807) is 18.2 Å². The second kappa shape index (κ2) is 5.30. The van der Waals surface area contributed by atoms with E-state index in [2.05, 4.69) is 0 Å². The molecular formula is C14H10ClNO4. The van der Waals surface area contributed by atoms with Crippen molar-refractivity contribution in [3.8, 4) is 11.1 Å². The average Bonchev–Trinajstić information content (AvgIpc) is 2.36. The predicted octanol–water partition coefficient (Wildman–Crippen LogP) is 3.92. The van der Waals surface area contributed by atoms with Crippen LogP contribution in [0.25, 0.3) is 11.1 Å². The van der Waals surface area contributed by atoms with Gasteiger partial charge in [0, 0.05) is 22.7 Å². The highest BCUT2D eigenvalue weighted by Gasteiger charge is 2.17. The lowest BCUT2D eigenvalue weighted by Crippen LogP contribution is -2.01. The molecule has 0 aliphatic heterocycles. The second-order valence-electron chi connectivity index (χ2n) is 4.31. The minimum Gasteiger partial charge on any atom is -0.478 e. The van der Waals surface area contributed by atoms with E-state index < -0.39 is 10.9 Å². The second-order valence-corrected chi connectivity index (χ2v) is 4.75. The van der Waals surface area contributed by atoms with Crippen LogP contribution in [-0.2, 0) is 0 Å². The van der Waals surface area contributed by atoms with Crippen molar-refractivity contribution in [3.05, 3.63) is 62.7 Å². The lowest BCUT2D eigenvalue weighted by atomic mass is 9.97. The van der Waals surface area contributed by atoms with Gasteiger partial charge in [-0.25, -0.2) is 4.79 Å². The number of carboxylic acid groups (broad SMARTS) is 1. The van der Waals surface area contributed by atoms with E-state index >= 15 is 0 Å². The van der Waals surface area contributed by atoms with E-state index in [4.69, 9.17) is 11.6 Å². The molecule has 5 nitrogen and oxygen atoms in total. The molecule has 0 bridgehead atoms. The quantitative estimate of drug-likeness (QED) is 0.686. The summed E-state index contributed by atoms with van der Waals surface area (Å²) in [6.07, 6.45) is 0. The van der Waals surface area contributed by atoms with Crippen molar-refractivity contribution < 1.29 is 14.8 Å². The minimum atomic E-state index is -1.15. The first-order valence-corrected chi connectivity index (χ1v) is 6.05. The van der Waals surface area contributed by atoms with Gasteiger partial charge in [-0.05, 0) is 36.2 Å². The number of benzene rings is 2. The van der Waals surface area contributed by atoms with Gasteiger partial charge in [0.2, 0.25) is 0 Å². The van der Waals surface area contributed by atoms with E-state index in [-0.39, 0.29) is 16.8 Å². The molecule has 1 N–H and O–H groups in total. The topological polar surface area (TPSA) is 80.4 Å². The Kier molecular flexibility index (Phi) is 3.72. The van der Waals surface area contributed by atoms with Crippen LogP contribution in [0.2, 0.25) is 5.02 Å². The number of nitro benzene ring substituents is 1.